The second kappa shape index (κ2) is 5.37. The van der Waals surface area contributed by atoms with Crippen molar-refractivity contribution in [3.8, 4) is 0 Å². The molecule has 1 saturated carbocycles. The minimum atomic E-state index is -0.628. The van der Waals surface area contributed by atoms with Crippen LogP contribution >= 0.6 is 23.1 Å². The summed E-state index contributed by atoms with van der Waals surface area (Å²) in [4.78, 5) is 11.3. The molecule has 0 radical (unpaired) electrons. The highest BCUT2D eigenvalue weighted by Gasteiger charge is 2.25. The third-order valence-electron chi connectivity index (χ3n) is 2.88. The molecule has 1 aromatic rings. The number of thioether (sulfide) groups is 1. The summed E-state index contributed by atoms with van der Waals surface area (Å²) < 4.78 is 0.748. The summed E-state index contributed by atoms with van der Waals surface area (Å²) in [5.41, 5.74) is 0.155. The van der Waals surface area contributed by atoms with Crippen LogP contribution in [0.4, 0.5) is 5.69 Å². The molecular weight excluding hydrogens is 258 g/mol. The van der Waals surface area contributed by atoms with Crippen LogP contribution in [0.15, 0.2) is 10.3 Å². The van der Waals surface area contributed by atoms with E-state index in [1.807, 2.05) is 0 Å². The molecule has 0 spiro atoms. The third kappa shape index (κ3) is 3.00. The molecule has 0 aliphatic heterocycles. The van der Waals surface area contributed by atoms with E-state index in [1.54, 1.807) is 18.7 Å². The minimum Gasteiger partial charge on any atom is -0.388 e. The van der Waals surface area contributed by atoms with Gasteiger partial charge in [0.05, 0.1) is 11.0 Å². The van der Waals surface area contributed by atoms with Crippen LogP contribution in [0.25, 0.3) is 0 Å². The molecule has 1 fully saturated rings. The van der Waals surface area contributed by atoms with Gasteiger partial charge in [-0.25, -0.2) is 0 Å². The van der Waals surface area contributed by atoms with Gasteiger partial charge in [0.25, 0.3) is 5.69 Å². The summed E-state index contributed by atoms with van der Waals surface area (Å²) in [6, 6.07) is 1.51. The monoisotopic (exact) mass is 273 g/mol. The molecule has 0 saturated heterocycles. The zero-order valence-electron chi connectivity index (χ0n) is 9.59. The summed E-state index contributed by atoms with van der Waals surface area (Å²) in [5.74, 6) is 0. The predicted molar refractivity (Wildman–Crippen MR) is 69.7 cm³/mol. The van der Waals surface area contributed by atoms with Crippen molar-refractivity contribution in [2.24, 2.45) is 0 Å². The van der Waals surface area contributed by atoms with Gasteiger partial charge < -0.3 is 5.11 Å². The largest absolute Gasteiger partial charge is 0.388 e. The second-order valence-electron chi connectivity index (χ2n) is 4.28. The molecule has 17 heavy (non-hydrogen) atoms. The van der Waals surface area contributed by atoms with Gasteiger partial charge in [-0.1, -0.05) is 12.8 Å². The molecule has 1 atom stereocenters. The van der Waals surface area contributed by atoms with Gasteiger partial charge in [-0.15, -0.1) is 23.1 Å². The number of aliphatic hydroxyl groups is 1. The molecule has 1 heterocycles. The topological polar surface area (TPSA) is 63.4 Å². The number of thiophene rings is 1. The molecule has 2 rings (SSSR count). The Balaban J connectivity index is 2.20. The zero-order chi connectivity index (χ0) is 12.4. The zero-order valence-corrected chi connectivity index (χ0v) is 11.2. The first-order chi connectivity index (χ1) is 8.08. The molecule has 1 aromatic heterocycles. The molecular formula is C11H15NO3S2. The summed E-state index contributed by atoms with van der Waals surface area (Å²) in [6.45, 7) is 1.64. The van der Waals surface area contributed by atoms with E-state index in [1.165, 1.54) is 30.2 Å². The van der Waals surface area contributed by atoms with E-state index >= 15 is 0 Å². The normalized spacial score (nSPS) is 18.5. The van der Waals surface area contributed by atoms with Crippen molar-refractivity contribution in [3.05, 3.63) is 21.1 Å². The lowest BCUT2D eigenvalue weighted by atomic mass is 10.3. The van der Waals surface area contributed by atoms with Gasteiger partial charge in [0, 0.05) is 16.2 Å². The number of hydrogen-bond donors (Lipinski definition) is 1. The fourth-order valence-electron chi connectivity index (χ4n) is 1.96. The second-order valence-corrected chi connectivity index (χ2v) is 6.93. The molecule has 0 aromatic carbocycles. The van der Waals surface area contributed by atoms with Crippen molar-refractivity contribution >= 4 is 28.8 Å². The van der Waals surface area contributed by atoms with E-state index in [9.17, 15) is 15.2 Å². The standard InChI is InChI=1S/C11H15NO3S2/c1-7(13)10-6-9(12(14)15)11(17-10)16-8-4-2-3-5-8/h6-8,13H,2-5H2,1H3. The maximum atomic E-state index is 10.9. The van der Waals surface area contributed by atoms with Crippen molar-refractivity contribution in [3.63, 3.8) is 0 Å². The number of nitro groups is 1. The minimum absolute atomic E-state index is 0.155. The van der Waals surface area contributed by atoms with Crippen molar-refractivity contribution in [2.75, 3.05) is 0 Å². The van der Waals surface area contributed by atoms with Crippen molar-refractivity contribution in [2.45, 2.75) is 48.2 Å². The highest BCUT2D eigenvalue weighted by Crippen LogP contribution is 2.44. The third-order valence-corrected chi connectivity index (χ3v) is 5.74. The van der Waals surface area contributed by atoms with Crippen LogP contribution in [-0.2, 0) is 0 Å². The van der Waals surface area contributed by atoms with Crippen molar-refractivity contribution in [1.82, 2.24) is 0 Å². The van der Waals surface area contributed by atoms with Crippen LogP contribution in [0.2, 0.25) is 0 Å². The van der Waals surface area contributed by atoms with Crippen molar-refractivity contribution in [1.29, 1.82) is 0 Å². The fraction of sp³-hybridized carbons (Fsp3) is 0.636. The quantitative estimate of drug-likeness (QED) is 0.670. The highest BCUT2D eigenvalue weighted by molar-refractivity contribution is 8.01. The lowest BCUT2D eigenvalue weighted by Gasteiger charge is -2.05. The molecule has 1 aliphatic rings. The van der Waals surface area contributed by atoms with Crippen LogP contribution in [-0.4, -0.2) is 15.3 Å². The van der Waals surface area contributed by atoms with E-state index in [2.05, 4.69) is 0 Å². The Morgan fingerprint density at radius 2 is 2.24 bits per heavy atom. The number of rotatable bonds is 4. The van der Waals surface area contributed by atoms with Gasteiger partial charge in [-0.05, 0) is 19.8 Å². The Kier molecular flexibility index (Phi) is 4.06. The first-order valence-electron chi connectivity index (χ1n) is 5.70. The first kappa shape index (κ1) is 12.9. The summed E-state index contributed by atoms with van der Waals surface area (Å²) in [5, 5.41) is 20.9. The van der Waals surface area contributed by atoms with E-state index in [0.29, 0.717) is 10.1 Å². The van der Waals surface area contributed by atoms with Crippen LogP contribution in [0.5, 0.6) is 0 Å². The van der Waals surface area contributed by atoms with Crippen LogP contribution < -0.4 is 0 Å². The Labute approximate surface area is 108 Å². The lowest BCUT2D eigenvalue weighted by Crippen LogP contribution is -1.94. The Hall–Kier alpha value is -0.590. The van der Waals surface area contributed by atoms with E-state index in [-0.39, 0.29) is 10.6 Å². The Morgan fingerprint density at radius 3 is 2.76 bits per heavy atom. The summed E-state index contributed by atoms with van der Waals surface area (Å²) >= 11 is 2.96. The fourth-order valence-corrected chi connectivity index (χ4v) is 4.77. The molecule has 0 amide bonds. The molecule has 0 bridgehead atoms. The summed E-state index contributed by atoms with van der Waals surface area (Å²) in [7, 11) is 0. The average Bonchev–Trinajstić information content (AvgIpc) is 2.87. The molecule has 1 unspecified atom stereocenters. The average molecular weight is 273 g/mol. The van der Waals surface area contributed by atoms with Gasteiger partial charge in [-0.2, -0.15) is 0 Å². The van der Waals surface area contributed by atoms with Crippen LogP contribution in [0, 0.1) is 10.1 Å². The number of aliphatic hydroxyl groups excluding tert-OH is 1. The number of nitrogens with zero attached hydrogens (tertiary/aromatic N) is 1. The van der Waals surface area contributed by atoms with Crippen LogP contribution in [0.1, 0.15) is 43.6 Å². The van der Waals surface area contributed by atoms with Crippen molar-refractivity contribution < 1.29 is 10.0 Å². The highest BCUT2D eigenvalue weighted by atomic mass is 32.2. The van der Waals surface area contributed by atoms with Crippen LogP contribution in [0.3, 0.4) is 0 Å². The lowest BCUT2D eigenvalue weighted by molar-refractivity contribution is -0.387. The maximum absolute atomic E-state index is 10.9. The predicted octanol–water partition coefficient (Wildman–Crippen LogP) is 3.74. The SMILES string of the molecule is CC(O)c1cc([N+](=O)[O-])c(SC2CCCC2)s1. The molecule has 94 valence electrons. The molecule has 6 heteroatoms. The van der Waals surface area contributed by atoms with E-state index in [4.69, 9.17) is 0 Å². The van der Waals surface area contributed by atoms with Gasteiger partial charge >= 0.3 is 0 Å². The van der Waals surface area contributed by atoms with Gasteiger partial charge in [0.2, 0.25) is 0 Å². The molecule has 1 N–H and O–H groups in total. The smallest absolute Gasteiger partial charge is 0.294 e. The maximum Gasteiger partial charge on any atom is 0.294 e. The van der Waals surface area contributed by atoms with Gasteiger partial charge in [0.15, 0.2) is 0 Å². The Morgan fingerprint density at radius 1 is 1.59 bits per heavy atom. The van der Waals surface area contributed by atoms with E-state index < -0.39 is 6.10 Å². The van der Waals surface area contributed by atoms with E-state index in [0.717, 1.165) is 17.1 Å². The summed E-state index contributed by atoms with van der Waals surface area (Å²) in [6.07, 6.45) is 4.10. The van der Waals surface area contributed by atoms with Gasteiger partial charge in [0.1, 0.15) is 4.21 Å². The molecule has 4 nitrogen and oxygen atoms in total. The molecule has 1 aliphatic carbocycles. The first-order valence-corrected chi connectivity index (χ1v) is 7.40. The Bertz CT molecular complexity index is 411. The van der Waals surface area contributed by atoms with Gasteiger partial charge in [-0.3, -0.25) is 10.1 Å². The number of hydrogen-bond acceptors (Lipinski definition) is 5.